The van der Waals surface area contributed by atoms with E-state index in [1.807, 2.05) is 30.9 Å². The Morgan fingerprint density at radius 2 is 1.92 bits per heavy atom. The molecule has 0 N–H and O–H groups in total. The lowest BCUT2D eigenvalue weighted by molar-refractivity contribution is 0.412. The highest BCUT2D eigenvalue weighted by molar-refractivity contribution is 6.31. The number of hydrogen-bond acceptors (Lipinski definition) is 1. The van der Waals surface area contributed by atoms with Gasteiger partial charge in [-0.3, -0.25) is 0 Å². The summed E-state index contributed by atoms with van der Waals surface area (Å²) >= 11 is 6.39. The van der Waals surface area contributed by atoms with Crippen LogP contribution in [-0.4, -0.2) is 9.55 Å². The molecule has 3 aromatic rings. The molecule has 0 spiro atoms. The summed E-state index contributed by atoms with van der Waals surface area (Å²) in [5.41, 5.74) is 5.39. The summed E-state index contributed by atoms with van der Waals surface area (Å²) in [6, 6.07) is 14.9. The predicted molar refractivity (Wildman–Crippen MR) is 105 cm³/mol. The third-order valence-electron chi connectivity index (χ3n) is 4.81. The van der Waals surface area contributed by atoms with Crippen LogP contribution in [0.5, 0.6) is 0 Å². The maximum atomic E-state index is 6.39. The van der Waals surface area contributed by atoms with E-state index in [2.05, 4.69) is 53.7 Å². The molecule has 3 rings (SSSR count). The third-order valence-corrected chi connectivity index (χ3v) is 5.18. The Morgan fingerprint density at radius 1 is 1.08 bits per heavy atom. The van der Waals surface area contributed by atoms with Crippen LogP contribution in [0.15, 0.2) is 61.2 Å². The second-order valence-electron chi connectivity index (χ2n) is 6.89. The van der Waals surface area contributed by atoms with Crippen molar-refractivity contribution in [2.45, 2.75) is 39.7 Å². The number of imidazole rings is 1. The maximum Gasteiger partial charge on any atom is 0.0945 e. The lowest BCUT2D eigenvalue weighted by Crippen LogP contribution is -2.14. The molecule has 1 heterocycles. The highest BCUT2D eigenvalue weighted by Gasteiger charge is 2.13. The highest BCUT2D eigenvalue weighted by atomic mass is 35.5. The second-order valence-corrected chi connectivity index (χ2v) is 7.30. The van der Waals surface area contributed by atoms with Crippen LogP contribution in [0.4, 0.5) is 0 Å². The van der Waals surface area contributed by atoms with E-state index in [0.717, 1.165) is 30.8 Å². The molecule has 0 saturated heterocycles. The van der Waals surface area contributed by atoms with Crippen LogP contribution >= 0.6 is 11.6 Å². The van der Waals surface area contributed by atoms with Gasteiger partial charge in [0.25, 0.3) is 0 Å². The minimum Gasteiger partial charge on any atom is -0.337 e. The summed E-state index contributed by atoms with van der Waals surface area (Å²) in [6.45, 7) is 5.33. The molecule has 2 nitrogen and oxygen atoms in total. The molecule has 25 heavy (non-hydrogen) atoms. The van der Waals surface area contributed by atoms with Gasteiger partial charge in [-0.05, 0) is 61.8 Å². The van der Waals surface area contributed by atoms with Crippen molar-refractivity contribution >= 4 is 11.6 Å². The predicted octanol–water partition coefficient (Wildman–Crippen LogP) is 5.65. The van der Waals surface area contributed by atoms with Crippen molar-refractivity contribution < 1.29 is 0 Å². The molecule has 130 valence electrons. The van der Waals surface area contributed by atoms with Crippen molar-refractivity contribution in [1.82, 2.24) is 9.55 Å². The lowest BCUT2D eigenvalue weighted by Gasteiger charge is -2.19. The lowest BCUT2D eigenvalue weighted by atomic mass is 9.91. The first-order chi connectivity index (χ1) is 12.1. The second kappa shape index (κ2) is 8.35. The average molecular weight is 353 g/mol. The third kappa shape index (κ3) is 4.96. The van der Waals surface area contributed by atoms with E-state index in [9.17, 15) is 0 Å². The van der Waals surface area contributed by atoms with Gasteiger partial charge in [0, 0.05) is 24.0 Å². The fourth-order valence-electron chi connectivity index (χ4n) is 3.41. The Balaban J connectivity index is 1.72. The number of aryl methyl sites for hydroxylation is 3. The molecular formula is C22H25ClN2. The molecule has 0 radical (unpaired) electrons. The van der Waals surface area contributed by atoms with Crippen molar-refractivity contribution in [3.8, 4) is 0 Å². The van der Waals surface area contributed by atoms with Crippen molar-refractivity contribution in [2.24, 2.45) is 5.92 Å². The van der Waals surface area contributed by atoms with Gasteiger partial charge in [0.05, 0.1) is 6.33 Å². The first kappa shape index (κ1) is 17.8. The molecule has 0 fully saturated rings. The van der Waals surface area contributed by atoms with Gasteiger partial charge in [0.1, 0.15) is 0 Å². The Labute approximate surface area is 155 Å². The first-order valence-electron chi connectivity index (χ1n) is 8.87. The Hall–Kier alpha value is -2.06. The van der Waals surface area contributed by atoms with E-state index >= 15 is 0 Å². The monoisotopic (exact) mass is 352 g/mol. The number of hydrogen-bond donors (Lipinski definition) is 0. The number of aromatic nitrogens is 2. The summed E-state index contributed by atoms with van der Waals surface area (Å²) in [6.07, 6.45) is 9.00. The van der Waals surface area contributed by atoms with Crippen molar-refractivity contribution in [1.29, 1.82) is 0 Å². The van der Waals surface area contributed by atoms with Crippen molar-refractivity contribution in [2.75, 3.05) is 0 Å². The molecule has 1 atom stereocenters. The van der Waals surface area contributed by atoms with Crippen molar-refractivity contribution in [3.05, 3.63) is 88.5 Å². The number of rotatable bonds is 7. The Morgan fingerprint density at radius 3 is 2.64 bits per heavy atom. The van der Waals surface area contributed by atoms with Gasteiger partial charge in [-0.25, -0.2) is 4.98 Å². The summed E-state index contributed by atoms with van der Waals surface area (Å²) in [4.78, 5) is 4.18. The molecular weight excluding hydrogens is 328 g/mol. The molecule has 1 aromatic heterocycles. The summed E-state index contributed by atoms with van der Waals surface area (Å²) in [5, 5.41) is 0.865. The zero-order valence-electron chi connectivity index (χ0n) is 15.0. The first-order valence-corrected chi connectivity index (χ1v) is 9.25. The Bertz CT molecular complexity index is 809. The van der Waals surface area contributed by atoms with Gasteiger partial charge in [-0.1, -0.05) is 53.6 Å². The SMILES string of the molecule is Cc1ccc(CCC(Cc2ccccc2Cl)Cn2ccnc2)c(C)c1. The molecule has 3 heteroatoms. The van der Waals surface area contributed by atoms with Gasteiger partial charge < -0.3 is 4.57 Å². The number of benzene rings is 2. The zero-order chi connectivity index (χ0) is 17.6. The van der Waals surface area contributed by atoms with Crippen LogP contribution in [-0.2, 0) is 19.4 Å². The fraction of sp³-hybridized carbons (Fsp3) is 0.318. The minimum absolute atomic E-state index is 0.523. The summed E-state index contributed by atoms with van der Waals surface area (Å²) in [7, 11) is 0. The molecule has 0 aliphatic rings. The van der Waals surface area contributed by atoms with E-state index in [1.165, 1.54) is 22.3 Å². The van der Waals surface area contributed by atoms with Crippen molar-refractivity contribution in [3.63, 3.8) is 0 Å². The van der Waals surface area contributed by atoms with E-state index in [4.69, 9.17) is 11.6 Å². The van der Waals surface area contributed by atoms with E-state index < -0.39 is 0 Å². The van der Waals surface area contributed by atoms with E-state index in [0.29, 0.717) is 5.92 Å². The quantitative estimate of drug-likeness (QED) is 0.537. The van der Waals surface area contributed by atoms with E-state index in [-0.39, 0.29) is 0 Å². The molecule has 0 saturated carbocycles. The highest BCUT2D eigenvalue weighted by Crippen LogP contribution is 2.24. The van der Waals surface area contributed by atoms with Crippen LogP contribution in [0.1, 0.15) is 28.7 Å². The molecule has 1 unspecified atom stereocenters. The van der Waals surface area contributed by atoms with Gasteiger partial charge in [-0.2, -0.15) is 0 Å². The standard InChI is InChI=1S/C22H25ClN2/c1-17-7-9-20(18(2)13-17)10-8-19(15-25-12-11-24-16-25)14-21-5-3-4-6-22(21)23/h3-7,9,11-13,16,19H,8,10,14-15H2,1-2H3. The molecule has 0 amide bonds. The van der Waals surface area contributed by atoms with E-state index in [1.54, 1.807) is 0 Å². The van der Waals surface area contributed by atoms with Gasteiger partial charge in [0.2, 0.25) is 0 Å². The molecule has 0 aliphatic heterocycles. The number of nitrogens with zero attached hydrogens (tertiary/aromatic N) is 2. The topological polar surface area (TPSA) is 17.8 Å². The number of halogens is 1. The van der Waals surface area contributed by atoms with Crippen LogP contribution < -0.4 is 0 Å². The average Bonchev–Trinajstić information content (AvgIpc) is 3.09. The molecule has 0 aliphatic carbocycles. The van der Waals surface area contributed by atoms with Crippen LogP contribution in [0.3, 0.4) is 0 Å². The van der Waals surface area contributed by atoms with Gasteiger partial charge >= 0.3 is 0 Å². The van der Waals surface area contributed by atoms with Gasteiger partial charge in [0.15, 0.2) is 0 Å². The van der Waals surface area contributed by atoms with Gasteiger partial charge in [-0.15, -0.1) is 0 Å². The smallest absolute Gasteiger partial charge is 0.0945 e. The molecule has 0 bridgehead atoms. The normalized spacial score (nSPS) is 12.3. The summed E-state index contributed by atoms with van der Waals surface area (Å²) in [5.74, 6) is 0.523. The fourth-order valence-corrected chi connectivity index (χ4v) is 3.62. The van der Waals surface area contributed by atoms with Crippen LogP contribution in [0.25, 0.3) is 0 Å². The minimum atomic E-state index is 0.523. The maximum absolute atomic E-state index is 6.39. The van der Waals surface area contributed by atoms with Crippen LogP contribution in [0, 0.1) is 19.8 Å². The molecule has 2 aromatic carbocycles. The Kier molecular flexibility index (Phi) is 5.93. The zero-order valence-corrected chi connectivity index (χ0v) is 15.7. The summed E-state index contributed by atoms with van der Waals surface area (Å²) < 4.78 is 2.17. The largest absolute Gasteiger partial charge is 0.337 e. The van der Waals surface area contributed by atoms with Crippen LogP contribution in [0.2, 0.25) is 5.02 Å².